The number of carbonyl (C=O) groups excluding carboxylic acids is 4. The van der Waals surface area contributed by atoms with Crippen molar-refractivity contribution in [3.63, 3.8) is 0 Å². The first-order chi connectivity index (χ1) is 26.9. The molecule has 0 atom stereocenters. The summed E-state index contributed by atoms with van der Waals surface area (Å²) in [4.78, 5) is 56.6. The third-order valence-electron chi connectivity index (χ3n) is 10.6. The number of carboxylic acids is 2. The Morgan fingerprint density at radius 2 is 1.45 bits per heavy atom. The van der Waals surface area contributed by atoms with Crippen LogP contribution in [0, 0.1) is 5.92 Å². The first-order valence-electron chi connectivity index (χ1n) is 19.0. The van der Waals surface area contributed by atoms with Crippen molar-refractivity contribution in [1.82, 2.24) is 9.29 Å². The molecule has 1 saturated carbocycles. The summed E-state index contributed by atoms with van der Waals surface area (Å²) >= 11 is 0. The maximum Gasteiger partial charge on any atom is 1.00 e. The van der Waals surface area contributed by atoms with E-state index >= 15 is 0 Å². The van der Waals surface area contributed by atoms with E-state index in [1.54, 1.807) is 43.5 Å². The van der Waals surface area contributed by atoms with Crippen LogP contribution in [0.2, 0.25) is 0 Å². The number of sulfonamides is 1. The summed E-state index contributed by atoms with van der Waals surface area (Å²) in [5, 5.41) is 28.1. The number of hydrogen-bond donors (Lipinski definition) is 2. The van der Waals surface area contributed by atoms with Gasteiger partial charge in [0.15, 0.2) is 0 Å². The van der Waals surface area contributed by atoms with E-state index in [1.165, 1.54) is 40.7 Å². The van der Waals surface area contributed by atoms with Crippen molar-refractivity contribution in [2.45, 2.75) is 75.6 Å². The van der Waals surface area contributed by atoms with Gasteiger partial charge in [0.2, 0.25) is 10.0 Å². The Balaban J connectivity index is 0.00000372. The summed E-state index contributed by atoms with van der Waals surface area (Å²) < 4.78 is 29.1. The molecule has 294 valence electrons. The van der Waals surface area contributed by atoms with E-state index in [4.69, 9.17) is 0 Å². The summed E-state index contributed by atoms with van der Waals surface area (Å²) in [7, 11) is -4.03. The molecule has 1 aromatic heterocycles. The van der Waals surface area contributed by atoms with Crippen LogP contribution in [-0.4, -0.2) is 67.1 Å². The number of aromatic carboxylic acids is 1. The van der Waals surface area contributed by atoms with Gasteiger partial charge in [-0.1, -0.05) is 43.3 Å². The van der Waals surface area contributed by atoms with E-state index < -0.39 is 39.7 Å². The van der Waals surface area contributed by atoms with Crippen molar-refractivity contribution in [1.29, 1.82) is 0 Å². The van der Waals surface area contributed by atoms with Crippen LogP contribution in [0.3, 0.4) is 0 Å². The Morgan fingerprint density at radius 1 is 0.776 bits per heavy atom. The average molecular weight is 858 g/mol. The molecule has 2 amide bonds. The number of aromatic nitrogens is 1. The maximum atomic E-state index is 13.9. The number of amides is 2. The average Bonchev–Trinajstić information content (AvgIpc) is 3.21. The third kappa shape index (κ3) is 12.4. The van der Waals surface area contributed by atoms with Crippen molar-refractivity contribution < 1.29 is 141 Å². The predicted octanol–water partition coefficient (Wildman–Crippen LogP) is -1.95. The van der Waals surface area contributed by atoms with Crippen LogP contribution >= 0.6 is 0 Å². The second kappa shape index (κ2) is 22.5. The smallest absolute Gasteiger partial charge is 0.550 e. The number of aryl methyl sites for hydroxylation is 2. The van der Waals surface area contributed by atoms with Crippen LogP contribution in [0.15, 0.2) is 90.0 Å². The second-order valence-electron chi connectivity index (χ2n) is 14.3. The van der Waals surface area contributed by atoms with Crippen LogP contribution < -0.4 is 129 Å². The Bertz CT molecular complexity index is 2170. The van der Waals surface area contributed by atoms with Gasteiger partial charge in [-0.05, 0) is 123 Å². The molecule has 13 nitrogen and oxygen atoms in total. The molecule has 1 aliphatic heterocycles. The number of hydrogen-bond acceptors (Lipinski definition) is 10. The molecule has 0 bridgehead atoms. The summed E-state index contributed by atoms with van der Waals surface area (Å²) in [6.07, 6.45) is 7.61. The van der Waals surface area contributed by atoms with Crippen molar-refractivity contribution in [2.24, 2.45) is 5.92 Å². The number of benzene rings is 3. The van der Waals surface area contributed by atoms with Gasteiger partial charge in [-0.2, -0.15) is 4.31 Å². The third-order valence-corrected chi connectivity index (χ3v) is 12.7. The molecule has 1 saturated heterocycles. The number of nitrogens with zero attached hydrogens (tertiary/aromatic N) is 3. The number of nitrogens with one attached hydrogen (secondary N) is 2. The normalized spacial score (nSPS) is 16.7. The molecule has 2 heterocycles. The van der Waals surface area contributed by atoms with Crippen molar-refractivity contribution in [2.75, 3.05) is 35.2 Å². The minimum atomic E-state index is -4.03. The Hall–Kier alpha value is -2.33. The van der Waals surface area contributed by atoms with Gasteiger partial charge in [0.25, 0.3) is 11.8 Å². The van der Waals surface area contributed by atoms with Gasteiger partial charge in [0.1, 0.15) is 5.82 Å². The van der Waals surface area contributed by atoms with Gasteiger partial charge in [-0.15, -0.1) is 0 Å². The number of carboxylic acid groups (broad SMARTS) is 2. The fourth-order valence-electron chi connectivity index (χ4n) is 7.46. The SMILES string of the molecule is CCN(C1CCC(C(=O)[O-])CC1)S(=O)(=O)c1cccc(C(=O)Nc2ccc(N3CCCCC3)cc2C(=O)Nc2ccc(CCc3ccc(C(=O)[O-])cc3)cn2)c1.[K+].[K+]. The fourth-order valence-corrected chi connectivity index (χ4v) is 9.20. The Kier molecular flexibility index (Phi) is 18.7. The predicted molar refractivity (Wildman–Crippen MR) is 208 cm³/mol. The number of pyridine rings is 1. The molecule has 16 heteroatoms. The summed E-state index contributed by atoms with van der Waals surface area (Å²) in [5.74, 6) is -3.71. The molecule has 2 fully saturated rings. The van der Waals surface area contributed by atoms with E-state index in [1.807, 2.05) is 12.1 Å². The Morgan fingerprint density at radius 3 is 2.07 bits per heavy atom. The Labute approximate surface area is 424 Å². The number of aliphatic carboxylic acids is 1. The number of anilines is 3. The minimum Gasteiger partial charge on any atom is -0.550 e. The van der Waals surface area contributed by atoms with E-state index in [0.29, 0.717) is 44.3 Å². The topological polar surface area (TPSA) is 192 Å². The van der Waals surface area contributed by atoms with Gasteiger partial charge >= 0.3 is 103 Å². The van der Waals surface area contributed by atoms with Crippen molar-refractivity contribution in [3.8, 4) is 0 Å². The molecule has 0 spiro atoms. The zero-order valence-corrected chi connectivity index (χ0v) is 40.3. The molecular formula is C42H45K2N5O8S. The molecule has 2 aliphatic rings. The second-order valence-corrected chi connectivity index (χ2v) is 16.2. The van der Waals surface area contributed by atoms with E-state index in [0.717, 1.165) is 49.2 Å². The quantitative estimate of drug-likeness (QED) is 0.135. The standard InChI is InChI=1S/C42H47N5O8S.2K/c1-2-47(33-18-16-31(17-19-33)42(52)53)56(54,55)35-8-6-7-32(25-35)39(48)44-37-21-20-34(46-23-4-3-5-24-46)26-36(37)40(49)45-38-22-13-29(27-43-38)10-9-28-11-14-30(15-12-28)41(50)51;;/h6-8,11-15,20-22,25-27,31,33H,2-5,9-10,16-19,23-24H2,1H3,(H,44,48)(H,50,51)(H,52,53)(H,43,45,49);;/q;2*+1/p-2. The van der Waals surface area contributed by atoms with Crippen LogP contribution in [0.25, 0.3) is 0 Å². The first-order valence-corrected chi connectivity index (χ1v) is 20.5. The summed E-state index contributed by atoms with van der Waals surface area (Å²) in [5.41, 5.74) is 3.37. The van der Waals surface area contributed by atoms with Crippen molar-refractivity contribution >= 4 is 51.0 Å². The molecule has 6 rings (SSSR count). The van der Waals surface area contributed by atoms with Gasteiger partial charge < -0.3 is 35.3 Å². The van der Waals surface area contributed by atoms with E-state index in [-0.39, 0.29) is 143 Å². The van der Waals surface area contributed by atoms with Gasteiger partial charge in [0, 0.05) is 49.1 Å². The summed E-state index contributed by atoms with van der Waals surface area (Å²) in [6, 6.07) is 20.7. The van der Waals surface area contributed by atoms with Gasteiger partial charge in [-0.3, -0.25) is 9.59 Å². The maximum absolute atomic E-state index is 13.9. The molecule has 4 aromatic rings. The van der Waals surface area contributed by atoms with E-state index in [9.17, 15) is 37.8 Å². The van der Waals surface area contributed by atoms with E-state index in [2.05, 4.69) is 20.5 Å². The minimum absolute atomic E-state index is 0. The van der Waals surface area contributed by atoms with Crippen LogP contribution in [0.4, 0.5) is 17.2 Å². The monoisotopic (exact) mass is 857 g/mol. The largest absolute Gasteiger partial charge is 1.00 e. The molecule has 1 aliphatic carbocycles. The van der Waals surface area contributed by atoms with Crippen LogP contribution in [0.5, 0.6) is 0 Å². The molecular weight excluding hydrogens is 813 g/mol. The molecule has 2 N–H and O–H groups in total. The van der Waals surface area contributed by atoms with Crippen LogP contribution in [-0.2, 0) is 27.7 Å². The van der Waals surface area contributed by atoms with Gasteiger partial charge in [-0.25, -0.2) is 13.4 Å². The molecule has 58 heavy (non-hydrogen) atoms. The first kappa shape index (κ1) is 48.3. The molecule has 3 aromatic carbocycles. The molecule has 0 unspecified atom stereocenters. The summed E-state index contributed by atoms with van der Waals surface area (Å²) in [6.45, 7) is 3.59. The fraction of sp³-hybridized carbons (Fsp3) is 0.357. The van der Waals surface area contributed by atoms with Crippen LogP contribution in [0.1, 0.15) is 94.1 Å². The number of carbonyl (C=O) groups is 4. The van der Waals surface area contributed by atoms with Gasteiger partial charge in [0.05, 0.1) is 22.1 Å². The molecule has 0 radical (unpaired) electrons. The van der Waals surface area contributed by atoms with Crippen molar-refractivity contribution in [3.05, 3.63) is 113 Å². The zero-order valence-electron chi connectivity index (χ0n) is 33.2. The zero-order chi connectivity index (χ0) is 39.8. The number of rotatable bonds is 14. The number of piperidine rings is 1.